The van der Waals surface area contributed by atoms with Gasteiger partial charge >= 0.3 is 0 Å². The van der Waals surface area contributed by atoms with E-state index >= 15 is 0 Å². The first-order chi connectivity index (χ1) is 6.33. The third-order valence-corrected chi connectivity index (χ3v) is 2.42. The van der Waals surface area contributed by atoms with Gasteiger partial charge in [0.05, 0.1) is 0 Å². The van der Waals surface area contributed by atoms with E-state index < -0.39 is 0 Å². The van der Waals surface area contributed by atoms with Crippen LogP contribution < -0.4 is 0 Å². The van der Waals surface area contributed by atoms with E-state index in [-0.39, 0.29) is 5.12 Å². The zero-order valence-corrected chi connectivity index (χ0v) is 8.38. The van der Waals surface area contributed by atoms with Gasteiger partial charge < -0.3 is 0 Å². The summed E-state index contributed by atoms with van der Waals surface area (Å²) in [7, 11) is 0. The van der Waals surface area contributed by atoms with Crippen molar-refractivity contribution >= 4 is 16.9 Å². The molecule has 0 aliphatic rings. The van der Waals surface area contributed by atoms with E-state index in [0.717, 1.165) is 5.75 Å². The molecular weight excluding hydrogens is 180 g/mol. The molecule has 1 nitrogen and oxygen atoms in total. The maximum atomic E-state index is 11.1. The average molecular weight is 192 g/mol. The highest BCUT2D eigenvalue weighted by Gasteiger charge is 1.97. The van der Waals surface area contributed by atoms with Gasteiger partial charge in [0.1, 0.15) is 0 Å². The van der Waals surface area contributed by atoms with Crippen LogP contribution in [-0.4, -0.2) is 5.12 Å². The minimum atomic E-state index is 0.117. The molecule has 1 rings (SSSR count). The van der Waals surface area contributed by atoms with Gasteiger partial charge in [0, 0.05) is 5.75 Å². The lowest BCUT2D eigenvalue weighted by Crippen LogP contribution is -1.86. The van der Waals surface area contributed by atoms with Crippen LogP contribution in [-0.2, 0) is 10.5 Å². The molecule has 0 spiro atoms. The maximum absolute atomic E-state index is 11.1. The number of hydrogen-bond donors (Lipinski definition) is 0. The molecule has 0 bridgehead atoms. The average Bonchev–Trinajstić information content (AvgIpc) is 2.17. The molecule has 0 radical (unpaired) electrons. The Balaban J connectivity index is 2.40. The monoisotopic (exact) mass is 192 g/mol. The molecule has 0 heterocycles. The summed E-state index contributed by atoms with van der Waals surface area (Å²) < 4.78 is 0. The third-order valence-electron chi connectivity index (χ3n) is 1.53. The molecule has 13 heavy (non-hydrogen) atoms. The van der Waals surface area contributed by atoms with Gasteiger partial charge in [0.2, 0.25) is 5.12 Å². The number of rotatable bonds is 3. The number of thioether (sulfide) groups is 1. The molecule has 0 saturated carbocycles. The predicted octanol–water partition coefficient (Wildman–Crippen LogP) is 3.02. The molecule has 2 heteroatoms. The molecule has 0 aromatic heterocycles. The summed E-state index contributed by atoms with van der Waals surface area (Å²) >= 11 is 1.33. The highest BCUT2D eigenvalue weighted by molar-refractivity contribution is 8.13. The highest BCUT2D eigenvalue weighted by Crippen LogP contribution is 2.12. The minimum Gasteiger partial charge on any atom is -0.282 e. The van der Waals surface area contributed by atoms with Gasteiger partial charge in [0.15, 0.2) is 0 Å². The Morgan fingerprint density at radius 1 is 1.38 bits per heavy atom. The summed E-state index contributed by atoms with van der Waals surface area (Å²) in [6.45, 7) is 1.85. The Hall–Kier alpha value is -1.02. The molecule has 0 aliphatic carbocycles. The largest absolute Gasteiger partial charge is 0.282 e. The quantitative estimate of drug-likeness (QED) is 0.685. The molecule has 0 atom stereocenters. The molecular formula is C11H12OS. The van der Waals surface area contributed by atoms with Crippen molar-refractivity contribution in [1.82, 2.24) is 0 Å². The molecule has 0 N–H and O–H groups in total. The Labute approximate surface area is 82.9 Å². The molecule has 1 aromatic carbocycles. The first kappa shape index (κ1) is 10.1. The second-order valence-corrected chi connectivity index (χ2v) is 3.57. The van der Waals surface area contributed by atoms with Crippen LogP contribution in [0, 0.1) is 0 Å². The summed E-state index contributed by atoms with van der Waals surface area (Å²) in [5.41, 5.74) is 1.19. The molecule has 0 unspecified atom stereocenters. The van der Waals surface area contributed by atoms with Crippen LogP contribution in [0.5, 0.6) is 0 Å². The van der Waals surface area contributed by atoms with Crippen LogP contribution in [0.3, 0.4) is 0 Å². The maximum Gasteiger partial charge on any atom is 0.212 e. The predicted molar refractivity (Wildman–Crippen MR) is 57.6 cm³/mol. The normalized spacial score (nSPS) is 10.5. The SMILES string of the molecule is C/C=C/C(=O)SCc1ccccc1. The van der Waals surface area contributed by atoms with E-state index in [1.807, 2.05) is 37.3 Å². The van der Waals surface area contributed by atoms with Crippen molar-refractivity contribution < 1.29 is 4.79 Å². The van der Waals surface area contributed by atoms with E-state index in [2.05, 4.69) is 0 Å². The fraction of sp³-hybridized carbons (Fsp3) is 0.182. The molecule has 0 saturated heterocycles. The molecule has 68 valence electrons. The van der Waals surface area contributed by atoms with E-state index in [9.17, 15) is 4.79 Å². The Morgan fingerprint density at radius 3 is 2.69 bits per heavy atom. The van der Waals surface area contributed by atoms with E-state index in [1.54, 1.807) is 12.2 Å². The van der Waals surface area contributed by atoms with Crippen LogP contribution in [0.15, 0.2) is 42.5 Å². The summed E-state index contributed by atoms with van der Waals surface area (Å²) in [6, 6.07) is 9.99. The van der Waals surface area contributed by atoms with Gasteiger partial charge in [-0.2, -0.15) is 0 Å². The fourth-order valence-corrected chi connectivity index (χ4v) is 1.65. The van der Waals surface area contributed by atoms with E-state index in [1.165, 1.54) is 17.3 Å². The Kier molecular flexibility index (Phi) is 4.33. The summed E-state index contributed by atoms with van der Waals surface area (Å²) in [4.78, 5) is 11.1. The van der Waals surface area contributed by atoms with Crippen molar-refractivity contribution in [1.29, 1.82) is 0 Å². The molecule has 0 amide bonds. The Morgan fingerprint density at radius 2 is 2.08 bits per heavy atom. The molecule has 0 aliphatic heterocycles. The molecule has 0 fully saturated rings. The number of carbonyl (C=O) groups excluding carboxylic acids is 1. The zero-order chi connectivity index (χ0) is 9.52. The van der Waals surface area contributed by atoms with Crippen molar-refractivity contribution in [2.24, 2.45) is 0 Å². The summed E-state index contributed by atoms with van der Waals surface area (Å²) in [5.74, 6) is 0.754. The van der Waals surface area contributed by atoms with Crippen LogP contribution in [0.25, 0.3) is 0 Å². The van der Waals surface area contributed by atoms with Gasteiger partial charge in [-0.25, -0.2) is 0 Å². The van der Waals surface area contributed by atoms with E-state index in [4.69, 9.17) is 0 Å². The van der Waals surface area contributed by atoms with Crippen LogP contribution >= 0.6 is 11.8 Å². The van der Waals surface area contributed by atoms with Gasteiger partial charge in [-0.3, -0.25) is 4.79 Å². The lowest BCUT2D eigenvalue weighted by molar-refractivity contribution is -0.107. The van der Waals surface area contributed by atoms with Crippen LogP contribution in [0.2, 0.25) is 0 Å². The second kappa shape index (κ2) is 5.60. The smallest absolute Gasteiger partial charge is 0.212 e. The summed E-state index contributed by atoms with van der Waals surface area (Å²) in [5, 5.41) is 0.117. The van der Waals surface area contributed by atoms with Crippen molar-refractivity contribution in [2.75, 3.05) is 0 Å². The zero-order valence-electron chi connectivity index (χ0n) is 7.57. The molecule has 1 aromatic rings. The minimum absolute atomic E-state index is 0.117. The van der Waals surface area contributed by atoms with Crippen molar-refractivity contribution in [3.63, 3.8) is 0 Å². The number of benzene rings is 1. The fourth-order valence-electron chi connectivity index (χ4n) is 0.913. The Bertz CT molecular complexity index is 290. The van der Waals surface area contributed by atoms with Crippen LogP contribution in [0.1, 0.15) is 12.5 Å². The lowest BCUT2D eigenvalue weighted by Gasteiger charge is -1.96. The highest BCUT2D eigenvalue weighted by atomic mass is 32.2. The van der Waals surface area contributed by atoms with Gasteiger partial charge in [-0.05, 0) is 18.6 Å². The van der Waals surface area contributed by atoms with E-state index in [0.29, 0.717) is 0 Å². The topological polar surface area (TPSA) is 17.1 Å². The number of allylic oxidation sites excluding steroid dienone is 1. The number of hydrogen-bond acceptors (Lipinski definition) is 2. The van der Waals surface area contributed by atoms with Gasteiger partial charge in [-0.15, -0.1) is 0 Å². The van der Waals surface area contributed by atoms with Gasteiger partial charge in [0.25, 0.3) is 0 Å². The van der Waals surface area contributed by atoms with Crippen molar-refractivity contribution in [3.05, 3.63) is 48.0 Å². The lowest BCUT2D eigenvalue weighted by atomic mass is 10.2. The van der Waals surface area contributed by atoms with Crippen molar-refractivity contribution in [2.45, 2.75) is 12.7 Å². The van der Waals surface area contributed by atoms with Crippen molar-refractivity contribution in [3.8, 4) is 0 Å². The summed E-state index contributed by atoms with van der Waals surface area (Å²) in [6.07, 6.45) is 3.36. The van der Waals surface area contributed by atoms with Crippen LogP contribution in [0.4, 0.5) is 0 Å². The third kappa shape index (κ3) is 3.95. The standard InChI is InChI=1S/C11H12OS/c1-2-6-11(12)13-9-10-7-4-3-5-8-10/h2-8H,9H2,1H3/b6-2+. The first-order valence-corrected chi connectivity index (χ1v) is 5.15. The van der Waals surface area contributed by atoms with Gasteiger partial charge in [-0.1, -0.05) is 48.2 Å². The number of carbonyl (C=O) groups is 1. The second-order valence-electron chi connectivity index (χ2n) is 2.59. The first-order valence-electron chi connectivity index (χ1n) is 4.16.